The van der Waals surface area contributed by atoms with Crippen LogP contribution >= 0.6 is 0 Å². The van der Waals surface area contributed by atoms with Gasteiger partial charge in [0.15, 0.2) is 5.96 Å². The molecule has 1 aromatic rings. The van der Waals surface area contributed by atoms with E-state index in [-0.39, 0.29) is 5.91 Å². The zero-order chi connectivity index (χ0) is 18.1. The molecule has 25 heavy (non-hydrogen) atoms. The van der Waals surface area contributed by atoms with Gasteiger partial charge in [-0.15, -0.1) is 0 Å². The van der Waals surface area contributed by atoms with Crippen LogP contribution in [-0.2, 0) is 11.3 Å². The summed E-state index contributed by atoms with van der Waals surface area (Å²) >= 11 is 0. The first-order valence-corrected chi connectivity index (χ1v) is 9.42. The second-order valence-corrected chi connectivity index (χ2v) is 7.10. The van der Waals surface area contributed by atoms with Crippen molar-refractivity contribution in [1.29, 1.82) is 0 Å². The van der Waals surface area contributed by atoms with E-state index in [9.17, 15) is 4.79 Å². The maximum Gasteiger partial charge on any atom is 0.222 e. The molecule has 2 atom stereocenters. The molecule has 2 rings (SSSR count). The van der Waals surface area contributed by atoms with Crippen LogP contribution in [0.2, 0.25) is 0 Å². The molecule has 5 nitrogen and oxygen atoms in total. The normalized spacial score (nSPS) is 21.1. The number of amides is 1. The third-order valence-electron chi connectivity index (χ3n) is 4.44. The maximum atomic E-state index is 12.0. The van der Waals surface area contributed by atoms with Crippen molar-refractivity contribution in [2.75, 3.05) is 26.2 Å². The van der Waals surface area contributed by atoms with Gasteiger partial charge in [0.05, 0.1) is 6.54 Å². The number of hydrogen-bond donors (Lipinski definition) is 2. The van der Waals surface area contributed by atoms with Crippen LogP contribution in [0.15, 0.2) is 35.3 Å². The third kappa shape index (κ3) is 6.77. The molecular weight excluding hydrogens is 312 g/mol. The van der Waals surface area contributed by atoms with Crippen molar-refractivity contribution in [3.05, 3.63) is 35.9 Å². The first-order valence-electron chi connectivity index (χ1n) is 9.42. The molecule has 1 saturated heterocycles. The Kier molecular flexibility index (Phi) is 7.76. The molecule has 1 aliphatic heterocycles. The molecule has 0 bridgehead atoms. The van der Waals surface area contributed by atoms with Crippen LogP contribution in [0.4, 0.5) is 0 Å². The standard InChI is InChI=1S/C20H32N4O/c1-4-21-20(24-14-16(2)12-17(3)15-24)22-11-10-19(25)23-13-18-8-6-5-7-9-18/h5-9,16-17H,4,10-15H2,1-3H3,(H,21,22)(H,23,25). The Morgan fingerprint density at radius 2 is 1.84 bits per heavy atom. The number of nitrogens with zero attached hydrogens (tertiary/aromatic N) is 2. The Hall–Kier alpha value is -2.04. The summed E-state index contributed by atoms with van der Waals surface area (Å²) in [5, 5.41) is 6.33. The van der Waals surface area contributed by atoms with Crippen molar-refractivity contribution >= 4 is 11.9 Å². The molecule has 1 amide bonds. The van der Waals surface area contributed by atoms with E-state index in [0.717, 1.165) is 31.2 Å². The van der Waals surface area contributed by atoms with Gasteiger partial charge in [-0.1, -0.05) is 44.2 Å². The largest absolute Gasteiger partial charge is 0.357 e. The predicted octanol–water partition coefficient (Wildman–Crippen LogP) is 2.64. The van der Waals surface area contributed by atoms with Gasteiger partial charge < -0.3 is 15.5 Å². The van der Waals surface area contributed by atoms with Gasteiger partial charge in [-0.05, 0) is 30.7 Å². The lowest BCUT2D eigenvalue weighted by molar-refractivity contribution is -0.121. The molecule has 138 valence electrons. The Balaban J connectivity index is 1.81. The number of rotatable bonds is 6. The Labute approximate surface area is 151 Å². The van der Waals surface area contributed by atoms with Crippen molar-refractivity contribution in [3.63, 3.8) is 0 Å². The van der Waals surface area contributed by atoms with E-state index in [1.807, 2.05) is 30.3 Å². The van der Waals surface area contributed by atoms with Crippen LogP contribution in [0, 0.1) is 11.8 Å². The second-order valence-electron chi connectivity index (χ2n) is 7.10. The minimum Gasteiger partial charge on any atom is -0.357 e. The maximum absolute atomic E-state index is 12.0. The molecule has 5 heteroatoms. The molecule has 1 aliphatic rings. The molecule has 2 N–H and O–H groups in total. The molecule has 1 heterocycles. The van der Waals surface area contributed by atoms with E-state index < -0.39 is 0 Å². The minimum atomic E-state index is 0.0452. The fourth-order valence-electron chi connectivity index (χ4n) is 3.41. The summed E-state index contributed by atoms with van der Waals surface area (Å²) in [7, 11) is 0. The third-order valence-corrected chi connectivity index (χ3v) is 4.44. The summed E-state index contributed by atoms with van der Waals surface area (Å²) in [4.78, 5) is 19.0. The lowest BCUT2D eigenvalue weighted by atomic mass is 9.92. The van der Waals surface area contributed by atoms with Gasteiger partial charge in [0, 0.05) is 32.6 Å². The lowest BCUT2D eigenvalue weighted by Crippen LogP contribution is -2.48. The van der Waals surface area contributed by atoms with E-state index in [1.54, 1.807) is 0 Å². The van der Waals surface area contributed by atoms with Crippen LogP contribution in [0.25, 0.3) is 0 Å². The first kappa shape index (κ1) is 19.3. The minimum absolute atomic E-state index is 0.0452. The van der Waals surface area contributed by atoms with E-state index in [1.165, 1.54) is 6.42 Å². The SMILES string of the molecule is CCNC(=NCCC(=O)NCc1ccccc1)N1CC(C)CC(C)C1. The van der Waals surface area contributed by atoms with Gasteiger partial charge in [0.1, 0.15) is 0 Å². The molecule has 1 fully saturated rings. The van der Waals surface area contributed by atoms with Gasteiger partial charge in [-0.3, -0.25) is 9.79 Å². The number of benzene rings is 1. The van der Waals surface area contributed by atoms with Crippen LogP contribution in [-0.4, -0.2) is 42.9 Å². The number of aliphatic imine (C=N–C) groups is 1. The zero-order valence-electron chi connectivity index (χ0n) is 15.8. The van der Waals surface area contributed by atoms with Gasteiger partial charge in [-0.2, -0.15) is 0 Å². The van der Waals surface area contributed by atoms with E-state index >= 15 is 0 Å². The van der Waals surface area contributed by atoms with E-state index in [2.05, 4.69) is 41.3 Å². The van der Waals surface area contributed by atoms with Gasteiger partial charge in [0.2, 0.25) is 5.91 Å². The average molecular weight is 345 g/mol. The van der Waals surface area contributed by atoms with Gasteiger partial charge >= 0.3 is 0 Å². The summed E-state index contributed by atoms with van der Waals surface area (Å²) < 4.78 is 0. The van der Waals surface area contributed by atoms with Crippen molar-refractivity contribution < 1.29 is 4.79 Å². The molecule has 0 aromatic heterocycles. The summed E-state index contributed by atoms with van der Waals surface area (Å²) in [6.07, 6.45) is 1.69. The topological polar surface area (TPSA) is 56.7 Å². The smallest absolute Gasteiger partial charge is 0.222 e. The van der Waals surface area contributed by atoms with E-state index in [4.69, 9.17) is 0 Å². The molecular formula is C20H32N4O. The second kappa shape index (κ2) is 10.1. The Bertz CT molecular complexity index is 548. The first-order chi connectivity index (χ1) is 12.1. The van der Waals surface area contributed by atoms with Crippen molar-refractivity contribution in [2.45, 2.75) is 40.2 Å². The monoisotopic (exact) mass is 344 g/mol. The van der Waals surface area contributed by atoms with Crippen LogP contribution in [0.1, 0.15) is 39.2 Å². The highest BCUT2D eigenvalue weighted by Gasteiger charge is 2.23. The highest BCUT2D eigenvalue weighted by molar-refractivity contribution is 5.81. The molecule has 0 radical (unpaired) electrons. The van der Waals surface area contributed by atoms with Crippen LogP contribution in [0.5, 0.6) is 0 Å². The fraction of sp³-hybridized carbons (Fsp3) is 0.600. The fourth-order valence-corrected chi connectivity index (χ4v) is 3.41. The molecule has 0 spiro atoms. The molecule has 1 aromatic carbocycles. The molecule has 0 aliphatic carbocycles. The summed E-state index contributed by atoms with van der Waals surface area (Å²) in [6, 6.07) is 9.97. The quantitative estimate of drug-likeness (QED) is 0.616. The summed E-state index contributed by atoms with van der Waals surface area (Å²) in [5.74, 6) is 2.35. The van der Waals surface area contributed by atoms with Crippen LogP contribution < -0.4 is 10.6 Å². The highest BCUT2D eigenvalue weighted by atomic mass is 16.1. The van der Waals surface area contributed by atoms with Gasteiger partial charge in [-0.25, -0.2) is 0 Å². The Morgan fingerprint density at radius 1 is 1.16 bits per heavy atom. The van der Waals surface area contributed by atoms with Crippen molar-refractivity contribution in [2.24, 2.45) is 16.8 Å². The predicted molar refractivity (Wildman–Crippen MR) is 103 cm³/mol. The number of piperidine rings is 1. The number of carbonyl (C=O) groups excluding carboxylic acids is 1. The molecule has 2 unspecified atom stereocenters. The van der Waals surface area contributed by atoms with Crippen molar-refractivity contribution in [1.82, 2.24) is 15.5 Å². The molecule has 0 saturated carbocycles. The van der Waals surface area contributed by atoms with Gasteiger partial charge in [0.25, 0.3) is 0 Å². The van der Waals surface area contributed by atoms with Crippen LogP contribution in [0.3, 0.4) is 0 Å². The zero-order valence-corrected chi connectivity index (χ0v) is 15.8. The summed E-state index contributed by atoms with van der Waals surface area (Å²) in [6.45, 7) is 10.7. The Morgan fingerprint density at radius 3 is 2.48 bits per heavy atom. The highest BCUT2D eigenvalue weighted by Crippen LogP contribution is 2.20. The number of carbonyl (C=O) groups is 1. The lowest BCUT2D eigenvalue weighted by Gasteiger charge is -2.37. The number of guanidine groups is 1. The number of nitrogens with one attached hydrogen (secondary N) is 2. The average Bonchev–Trinajstić information content (AvgIpc) is 2.59. The number of likely N-dealkylation sites (tertiary alicyclic amines) is 1. The van der Waals surface area contributed by atoms with E-state index in [0.29, 0.717) is 31.3 Å². The number of hydrogen-bond acceptors (Lipinski definition) is 2. The van der Waals surface area contributed by atoms with Crippen molar-refractivity contribution in [3.8, 4) is 0 Å². The summed E-state index contributed by atoms with van der Waals surface area (Å²) in [5.41, 5.74) is 1.11.